The van der Waals surface area contributed by atoms with Gasteiger partial charge in [0.25, 0.3) is 0 Å². The second kappa shape index (κ2) is 6.42. The Hall–Kier alpha value is -2.72. The van der Waals surface area contributed by atoms with Crippen LogP contribution in [-0.2, 0) is 5.54 Å². The highest BCUT2D eigenvalue weighted by atomic mass is 35.5. The van der Waals surface area contributed by atoms with Gasteiger partial charge in [0.1, 0.15) is 12.1 Å². The largest absolute Gasteiger partial charge is 0.406 e. The first-order valence-electron chi connectivity index (χ1n) is 8.72. The highest BCUT2D eigenvalue weighted by Gasteiger charge is 2.58. The SMILES string of the molecule is N#Cc1ccc([C@@]2(C3CC3)c3cc(Cl)ccc3NC(=O)N2CC(F)(F)F)cc1. The summed E-state index contributed by atoms with van der Waals surface area (Å²) in [5.41, 5.74) is 0.618. The van der Waals surface area contributed by atoms with Crippen molar-refractivity contribution in [2.24, 2.45) is 5.92 Å². The molecule has 8 heteroatoms. The highest BCUT2D eigenvalue weighted by molar-refractivity contribution is 6.30. The molecule has 4 nitrogen and oxygen atoms in total. The first-order chi connectivity index (χ1) is 13.3. The van der Waals surface area contributed by atoms with Crippen LogP contribution in [0.4, 0.5) is 23.7 Å². The average Bonchev–Trinajstić information content (AvgIpc) is 3.48. The van der Waals surface area contributed by atoms with Gasteiger partial charge in [0.2, 0.25) is 0 Å². The van der Waals surface area contributed by atoms with Gasteiger partial charge in [0.05, 0.1) is 11.6 Å². The third-order valence-corrected chi connectivity index (χ3v) is 5.50. The Kier molecular flexibility index (Phi) is 4.27. The molecule has 144 valence electrons. The number of carbonyl (C=O) groups is 1. The molecule has 1 aliphatic carbocycles. The van der Waals surface area contributed by atoms with Crippen LogP contribution in [0.3, 0.4) is 0 Å². The van der Waals surface area contributed by atoms with E-state index in [4.69, 9.17) is 16.9 Å². The van der Waals surface area contributed by atoms with Gasteiger partial charge in [0.15, 0.2) is 0 Å². The molecule has 4 rings (SSSR count). The average molecular weight is 406 g/mol. The quantitative estimate of drug-likeness (QED) is 0.755. The van der Waals surface area contributed by atoms with Crippen LogP contribution < -0.4 is 5.32 Å². The van der Waals surface area contributed by atoms with Gasteiger partial charge in [-0.25, -0.2) is 4.79 Å². The van der Waals surface area contributed by atoms with E-state index in [1.807, 2.05) is 6.07 Å². The normalized spacial score (nSPS) is 21.7. The van der Waals surface area contributed by atoms with E-state index < -0.39 is 24.3 Å². The second-order valence-electron chi connectivity index (χ2n) is 7.05. The minimum Gasteiger partial charge on any atom is -0.307 e. The van der Waals surface area contributed by atoms with E-state index in [1.54, 1.807) is 42.5 Å². The van der Waals surface area contributed by atoms with Crippen molar-refractivity contribution in [2.45, 2.75) is 24.6 Å². The van der Waals surface area contributed by atoms with Gasteiger partial charge in [-0.1, -0.05) is 23.7 Å². The predicted molar refractivity (Wildman–Crippen MR) is 97.9 cm³/mol. The minimum absolute atomic E-state index is 0.175. The number of rotatable bonds is 3. The monoisotopic (exact) mass is 405 g/mol. The number of urea groups is 1. The van der Waals surface area contributed by atoms with Gasteiger partial charge in [-0.05, 0) is 54.7 Å². The van der Waals surface area contributed by atoms with E-state index >= 15 is 0 Å². The fourth-order valence-electron chi connectivity index (χ4n) is 4.09. The van der Waals surface area contributed by atoms with Crippen LogP contribution in [-0.4, -0.2) is 23.7 Å². The summed E-state index contributed by atoms with van der Waals surface area (Å²) in [7, 11) is 0. The molecule has 2 aliphatic rings. The molecule has 1 heterocycles. The molecule has 1 aliphatic heterocycles. The lowest BCUT2D eigenvalue weighted by molar-refractivity contribution is -0.149. The lowest BCUT2D eigenvalue weighted by atomic mass is 9.75. The number of alkyl halides is 3. The molecular weight excluding hydrogens is 391 g/mol. The Bertz CT molecular complexity index is 980. The number of halogens is 4. The summed E-state index contributed by atoms with van der Waals surface area (Å²) in [6, 6.07) is 12.4. The van der Waals surface area contributed by atoms with Gasteiger partial charge in [-0.3, -0.25) is 0 Å². The molecule has 0 saturated heterocycles. The zero-order valence-electron chi connectivity index (χ0n) is 14.6. The Labute approximate surface area is 164 Å². The van der Waals surface area contributed by atoms with Crippen LogP contribution in [0.2, 0.25) is 5.02 Å². The van der Waals surface area contributed by atoms with Gasteiger partial charge in [-0.15, -0.1) is 0 Å². The predicted octanol–water partition coefficient (Wildman–Crippen LogP) is 5.28. The molecule has 2 aromatic rings. The van der Waals surface area contributed by atoms with Gasteiger partial charge < -0.3 is 10.2 Å². The summed E-state index contributed by atoms with van der Waals surface area (Å²) in [4.78, 5) is 13.7. The van der Waals surface area contributed by atoms with E-state index in [-0.39, 0.29) is 5.92 Å². The molecular formula is C20H15ClF3N3O. The summed E-state index contributed by atoms with van der Waals surface area (Å²) in [6.45, 7) is -1.39. The Morgan fingerprint density at radius 3 is 2.46 bits per heavy atom. The topological polar surface area (TPSA) is 56.1 Å². The molecule has 2 aromatic carbocycles. The number of nitrogens with one attached hydrogen (secondary N) is 1. The van der Waals surface area contributed by atoms with Crippen molar-refractivity contribution >= 4 is 23.3 Å². The third-order valence-electron chi connectivity index (χ3n) is 5.26. The second-order valence-corrected chi connectivity index (χ2v) is 7.49. The van der Waals surface area contributed by atoms with E-state index in [0.29, 0.717) is 40.2 Å². The van der Waals surface area contributed by atoms with Crippen molar-refractivity contribution in [3.8, 4) is 6.07 Å². The maximum atomic E-state index is 13.4. The fourth-order valence-corrected chi connectivity index (χ4v) is 4.26. The Morgan fingerprint density at radius 1 is 1.21 bits per heavy atom. The van der Waals surface area contributed by atoms with E-state index in [0.717, 1.165) is 4.90 Å². The van der Waals surface area contributed by atoms with Crippen molar-refractivity contribution in [1.82, 2.24) is 4.90 Å². The van der Waals surface area contributed by atoms with Crippen molar-refractivity contribution in [3.63, 3.8) is 0 Å². The number of nitrogens with zero attached hydrogens (tertiary/aromatic N) is 2. The molecule has 0 spiro atoms. The Morgan fingerprint density at radius 2 is 1.89 bits per heavy atom. The van der Waals surface area contributed by atoms with Gasteiger partial charge in [0, 0.05) is 16.3 Å². The molecule has 0 bridgehead atoms. The molecule has 1 fully saturated rings. The summed E-state index contributed by atoms with van der Waals surface area (Å²) >= 11 is 6.18. The summed E-state index contributed by atoms with van der Waals surface area (Å²) < 4.78 is 40.3. The maximum absolute atomic E-state index is 13.4. The van der Waals surface area contributed by atoms with E-state index in [1.165, 1.54) is 0 Å². The van der Waals surface area contributed by atoms with Crippen LogP contribution in [0.25, 0.3) is 0 Å². The molecule has 28 heavy (non-hydrogen) atoms. The zero-order valence-corrected chi connectivity index (χ0v) is 15.3. The molecule has 2 amide bonds. The lowest BCUT2D eigenvalue weighted by Crippen LogP contribution is -2.59. The number of carbonyl (C=O) groups excluding carboxylic acids is 1. The van der Waals surface area contributed by atoms with Crippen LogP contribution in [0.1, 0.15) is 29.5 Å². The number of benzene rings is 2. The molecule has 1 saturated carbocycles. The number of hydrogen-bond donors (Lipinski definition) is 1. The number of hydrogen-bond acceptors (Lipinski definition) is 2. The Balaban J connectivity index is 2.00. The molecule has 0 radical (unpaired) electrons. The molecule has 0 aromatic heterocycles. The van der Waals surface area contributed by atoms with Crippen LogP contribution in [0, 0.1) is 17.2 Å². The minimum atomic E-state index is -4.57. The molecule has 0 unspecified atom stereocenters. The van der Waals surface area contributed by atoms with Crippen molar-refractivity contribution in [2.75, 3.05) is 11.9 Å². The lowest BCUT2D eigenvalue weighted by Gasteiger charge is -2.49. The van der Waals surface area contributed by atoms with Gasteiger partial charge in [-0.2, -0.15) is 18.4 Å². The summed E-state index contributed by atoms with van der Waals surface area (Å²) in [5.74, 6) is -0.175. The maximum Gasteiger partial charge on any atom is 0.406 e. The van der Waals surface area contributed by atoms with Crippen LogP contribution in [0.5, 0.6) is 0 Å². The zero-order chi connectivity index (χ0) is 20.1. The molecule has 1 N–H and O–H groups in total. The number of nitriles is 1. The smallest absolute Gasteiger partial charge is 0.307 e. The summed E-state index contributed by atoms with van der Waals surface area (Å²) in [6.07, 6.45) is -3.19. The number of amides is 2. The van der Waals surface area contributed by atoms with Crippen molar-refractivity contribution in [1.29, 1.82) is 5.26 Å². The first kappa shape index (κ1) is 18.6. The van der Waals surface area contributed by atoms with Crippen LogP contribution in [0.15, 0.2) is 42.5 Å². The van der Waals surface area contributed by atoms with Crippen molar-refractivity contribution < 1.29 is 18.0 Å². The first-order valence-corrected chi connectivity index (χ1v) is 9.09. The third kappa shape index (κ3) is 2.98. The highest BCUT2D eigenvalue weighted by Crippen LogP contribution is 2.57. The number of fused-ring (bicyclic) bond motifs is 1. The fraction of sp³-hybridized carbons (Fsp3) is 0.300. The molecule has 1 atom stereocenters. The number of anilines is 1. The van der Waals surface area contributed by atoms with Crippen LogP contribution >= 0.6 is 11.6 Å². The van der Waals surface area contributed by atoms with E-state index in [2.05, 4.69) is 5.32 Å². The summed E-state index contributed by atoms with van der Waals surface area (Å²) in [5, 5.41) is 12.0. The van der Waals surface area contributed by atoms with E-state index in [9.17, 15) is 18.0 Å². The van der Waals surface area contributed by atoms with Crippen molar-refractivity contribution in [3.05, 3.63) is 64.2 Å². The van der Waals surface area contributed by atoms with Gasteiger partial charge >= 0.3 is 12.2 Å². The standard InChI is InChI=1S/C20H15ClF3N3O/c21-15-7-8-17-16(9-15)20(14-5-6-14,13-3-1-12(10-25)2-4-13)27(18(28)26-17)11-19(22,23)24/h1-4,7-9,14H,5-6,11H2,(H,26,28)/t20-/m1/s1.